The van der Waals surface area contributed by atoms with Crippen molar-refractivity contribution >= 4 is 6.21 Å². The Morgan fingerprint density at radius 3 is 2.58 bits per heavy atom. The summed E-state index contributed by atoms with van der Waals surface area (Å²) in [6, 6.07) is 0.466. The minimum absolute atomic E-state index is 0.466. The van der Waals surface area contributed by atoms with Crippen molar-refractivity contribution in [3.63, 3.8) is 0 Å². The first-order valence-corrected chi connectivity index (χ1v) is 4.94. The summed E-state index contributed by atoms with van der Waals surface area (Å²) in [5.41, 5.74) is 5.37. The predicted molar refractivity (Wildman–Crippen MR) is 55.7 cm³/mol. The Hall–Kier alpha value is -0.370. The van der Waals surface area contributed by atoms with Crippen LogP contribution in [-0.4, -0.2) is 18.8 Å². The standard InChI is InChI=1S/C10H22N2/c1-4-9(2)10(3)12-8-6-5-7-11/h8-10H,4-7,11H2,1-3H3. The fourth-order valence-electron chi connectivity index (χ4n) is 0.938. The van der Waals surface area contributed by atoms with Gasteiger partial charge in [-0.1, -0.05) is 20.3 Å². The lowest BCUT2D eigenvalue weighted by atomic mass is 10.0. The molecule has 0 bridgehead atoms. The number of hydrogen-bond acceptors (Lipinski definition) is 2. The van der Waals surface area contributed by atoms with E-state index in [1.54, 1.807) is 0 Å². The zero-order valence-corrected chi connectivity index (χ0v) is 8.59. The molecule has 0 saturated heterocycles. The van der Waals surface area contributed by atoms with E-state index in [0.29, 0.717) is 12.0 Å². The normalized spacial score (nSPS) is 16.7. The van der Waals surface area contributed by atoms with Crippen molar-refractivity contribution in [2.45, 2.75) is 46.1 Å². The van der Waals surface area contributed by atoms with Gasteiger partial charge in [0.25, 0.3) is 0 Å². The molecule has 0 aliphatic carbocycles. The number of nitrogens with two attached hydrogens (primary N) is 1. The van der Waals surface area contributed by atoms with Crippen LogP contribution in [0.1, 0.15) is 40.0 Å². The van der Waals surface area contributed by atoms with Crippen molar-refractivity contribution in [2.75, 3.05) is 6.54 Å². The van der Waals surface area contributed by atoms with Crippen LogP contribution in [-0.2, 0) is 0 Å². The van der Waals surface area contributed by atoms with E-state index in [9.17, 15) is 0 Å². The molecular weight excluding hydrogens is 148 g/mol. The highest BCUT2D eigenvalue weighted by molar-refractivity contribution is 5.57. The third-order valence-electron chi connectivity index (χ3n) is 2.35. The lowest BCUT2D eigenvalue weighted by molar-refractivity contribution is 0.472. The van der Waals surface area contributed by atoms with Crippen molar-refractivity contribution in [1.82, 2.24) is 0 Å². The van der Waals surface area contributed by atoms with Gasteiger partial charge in [-0.25, -0.2) is 0 Å². The van der Waals surface area contributed by atoms with Crippen LogP contribution in [0, 0.1) is 5.92 Å². The van der Waals surface area contributed by atoms with Gasteiger partial charge < -0.3 is 5.73 Å². The maximum Gasteiger partial charge on any atom is 0.0492 e. The second kappa shape index (κ2) is 7.29. The van der Waals surface area contributed by atoms with Crippen LogP contribution in [0.25, 0.3) is 0 Å². The Morgan fingerprint density at radius 2 is 2.08 bits per heavy atom. The molecule has 0 aromatic heterocycles. The molecule has 12 heavy (non-hydrogen) atoms. The predicted octanol–water partition coefficient (Wildman–Crippen LogP) is 2.23. The van der Waals surface area contributed by atoms with Gasteiger partial charge in [0.05, 0.1) is 0 Å². The fraction of sp³-hybridized carbons (Fsp3) is 0.900. The molecule has 0 fully saturated rings. The summed E-state index contributed by atoms with van der Waals surface area (Å²) in [7, 11) is 0. The summed E-state index contributed by atoms with van der Waals surface area (Å²) in [5, 5.41) is 0. The third kappa shape index (κ3) is 5.30. The molecule has 2 unspecified atom stereocenters. The molecule has 0 aromatic rings. The maximum absolute atomic E-state index is 5.37. The van der Waals surface area contributed by atoms with E-state index < -0.39 is 0 Å². The Morgan fingerprint density at radius 1 is 1.42 bits per heavy atom. The van der Waals surface area contributed by atoms with Gasteiger partial charge in [0, 0.05) is 6.04 Å². The number of hydrogen-bond donors (Lipinski definition) is 1. The molecule has 2 nitrogen and oxygen atoms in total. The number of nitrogens with zero attached hydrogens (tertiary/aromatic N) is 1. The molecule has 0 aromatic carbocycles. The van der Waals surface area contributed by atoms with Crippen molar-refractivity contribution in [3.8, 4) is 0 Å². The second-order valence-electron chi connectivity index (χ2n) is 3.39. The van der Waals surface area contributed by atoms with E-state index in [0.717, 1.165) is 19.4 Å². The molecule has 0 radical (unpaired) electrons. The van der Waals surface area contributed by atoms with Crippen LogP contribution in [0.15, 0.2) is 4.99 Å². The summed E-state index contributed by atoms with van der Waals surface area (Å²) in [5.74, 6) is 0.694. The number of aliphatic imine (C=N–C) groups is 1. The quantitative estimate of drug-likeness (QED) is 0.482. The van der Waals surface area contributed by atoms with Crippen LogP contribution < -0.4 is 5.73 Å². The maximum atomic E-state index is 5.37. The minimum Gasteiger partial charge on any atom is -0.330 e. The molecule has 2 atom stereocenters. The first-order chi connectivity index (χ1) is 5.72. The Kier molecular flexibility index (Phi) is 7.06. The van der Waals surface area contributed by atoms with Crippen molar-refractivity contribution in [2.24, 2.45) is 16.6 Å². The van der Waals surface area contributed by atoms with Gasteiger partial charge in [0.1, 0.15) is 0 Å². The largest absolute Gasteiger partial charge is 0.330 e. The van der Waals surface area contributed by atoms with Gasteiger partial charge in [-0.05, 0) is 38.4 Å². The second-order valence-corrected chi connectivity index (χ2v) is 3.39. The van der Waals surface area contributed by atoms with Gasteiger partial charge >= 0.3 is 0 Å². The SMILES string of the molecule is CCC(C)C(C)N=CCCCN. The molecular formula is C10H22N2. The van der Waals surface area contributed by atoms with E-state index in [1.165, 1.54) is 6.42 Å². The molecule has 0 rings (SSSR count). The van der Waals surface area contributed by atoms with E-state index in [-0.39, 0.29) is 0 Å². The summed E-state index contributed by atoms with van der Waals surface area (Å²) in [6.07, 6.45) is 5.30. The molecule has 0 spiro atoms. The molecule has 2 heteroatoms. The molecule has 0 heterocycles. The Balaban J connectivity index is 3.52. The van der Waals surface area contributed by atoms with E-state index in [2.05, 4.69) is 25.8 Å². The van der Waals surface area contributed by atoms with Gasteiger partial charge in [-0.15, -0.1) is 0 Å². The summed E-state index contributed by atoms with van der Waals surface area (Å²) < 4.78 is 0. The summed E-state index contributed by atoms with van der Waals surface area (Å²) in [4.78, 5) is 4.45. The highest BCUT2D eigenvalue weighted by atomic mass is 14.8. The molecule has 0 aliphatic heterocycles. The first kappa shape index (κ1) is 11.6. The number of unbranched alkanes of at least 4 members (excludes halogenated alkanes) is 1. The lowest BCUT2D eigenvalue weighted by Gasteiger charge is -2.12. The molecule has 2 N–H and O–H groups in total. The molecule has 0 amide bonds. The van der Waals surface area contributed by atoms with Gasteiger partial charge in [-0.3, -0.25) is 4.99 Å². The molecule has 72 valence electrons. The van der Waals surface area contributed by atoms with Gasteiger partial charge in [0.2, 0.25) is 0 Å². The van der Waals surface area contributed by atoms with Crippen LogP contribution in [0.4, 0.5) is 0 Å². The Bertz CT molecular complexity index is 121. The smallest absolute Gasteiger partial charge is 0.0492 e. The fourth-order valence-corrected chi connectivity index (χ4v) is 0.938. The Labute approximate surface area is 76.3 Å². The highest BCUT2D eigenvalue weighted by Crippen LogP contribution is 2.09. The van der Waals surface area contributed by atoms with E-state index in [1.807, 2.05) is 6.21 Å². The third-order valence-corrected chi connectivity index (χ3v) is 2.35. The molecule has 0 aliphatic rings. The zero-order chi connectivity index (χ0) is 9.40. The van der Waals surface area contributed by atoms with Gasteiger partial charge in [-0.2, -0.15) is 0 Å². The highest BCUT2D eigenvalue weighted by Gasteiger charge is 2.06. The lowest BCUT2D eigenvalue weighted by Crippen LogP contribution is -2.10. The topological polar surface area (TPSA) is 38.4 Å². The summed E-state index contributed by atoms with van der Waals surface area (Å²) in [6.45, 7) is 7.39. The monoisotopic (exact) mass is 170 g/mol. The van der Waals surface area contributed by atoms with Gasteiger partial charge in [0.15, 0.2) is 0 Å². The molecule has 0 saturated carbocycles. The zero-order valence-electron chi connectivity index (χ0n) is 8.59. The van der Waals surface area contributed by atoms with Crippen LogP contribution in [0.2, 0.25) is 0 Å². The first-order valence-electron chi connectivity index (χ1n) is 4.94. The number of rotatable bonds is 6. The van der Waals surface area contributed by atoms with Crippen molar-refractivity contribution in [1.29, 1.82) is 0 Å². The van der Waals surface area contributed by atoms with Crippen LogP contribution in [0.5, 0.6) is 0 Å². The van der Waals surface area contributed by atoms with Crippen molar-refractivity contribution in [3.05, 3.63) is 0 Å². The average molecular weight is 170 g/mol. The van der Waals surface area contributed by atoms with Crippen LogP contribution >= 0.6 is 0 Å². The van der Waals surface area contributed by atoms with E-state index in [4.69, 9.17) is 5.73 Å². The summed E-state index contributed by atoms with van der Waals surface area (Å²) >= 11 is 0. The van der Waals surface area contributed by atoms with Crippen LogP contribution in [0.3, 0.4) is 0 Å². The van der Waals surface area contributed by atoms with Crippen molar-refractivity contribution < 1.29 is 0 Å². The minimum atomic E-state index is 0.466. The average Bonchev–Trinajstić information content (AvgIpc) is 2.10. The van der Waals surface area contributed by atoms with E-state index >= 15 is 0 Å².